The first kappa shape index (κ1) is 21.6. The molecule has 0 spiro atoms. The Labute approximate surface area is 188 Å². The molecule has 6 nitrogen and oxygen atoms in total. The highest BCUT2D eigenvalue weighted by Gasteiger charge is 2.32. The molecule has 3 amide bonds. The number of carbonyl (C=O) groups is 2. The van der Waals surface area contributed by atoms with Gasteiger partial charge in [0.25, 0.3) is 0 Å². The molecule has 1 atom stereocenters. The van der Waals surface area contributed by atoms with Crippen LogP contribution >= 0.6 is 11.3 Å². The number of piperidine rings is 1. The Hall–Kier alpha value is -2.64. The Bertz CT molecular complexity index is 876. The van der Waals surface area contributed by atoms with Crippen LogP contribution in [0.1, 0.15) is 18.4 Å². The molecular formula is C24H30N4O2S. The van der Waals surface area contributed by atoms with Crippen molar-refractivity contribution in [2.45, 2.75) is 12.8 Å². The third-order valence-corrected chi connectivity index (χ3v) is 6.75. The van der Waals surface area contributed by atoms with Crippen LogP contribution in [0.25, 0.3) is 6.08 Å². The first-order valence-corrected chi connectivity index (χ1v) is 11.9. The van der Waals surface area contributed by atoms with Gasteiger partial charge in [-0.25, -0.2) is 4.79 Å². The molecule has 7 heteroatoms. The average Bonchev–Trinajstić information content (AvgIpc) is 3.33. The molecular weight excluding hydrogens is 408 g/mol. The van der Waals surface area contributed by atoms with Crippen molar-refractivity contribution in [2.75, 3.05) is 51.1 Å². The molecule has 2 saturated heterocycles. The summed E-state index contributed by atoms with van der Waals surface area (Å²) in [4.78, 5) is 31.8. The SMILES string of the molecule is O=C(Nc1cccs1)N1CCCC(C(=O)N2CCN(CC=Cc3ccccc3)CC2)C1. The van der Waals surface area contributed by atoms with E-state index in [-0.39, 0.29) is 17.9 Å². The number of hydrogen-bond acceptors (Lipinski definition) is 4. The number of likely N-dealkylation sites (tertiary alicyclic amines) is 1. The molecule has 1 aromatic heterocycles. The molecule has 1 N–H and O–H groups in total. The molecule has 2 fully saturated rings. The molecule has 0 radical (unpaired) electrons. The van der Waals surface area contributed by atoms with Gasteiger partial charge in [0, 0.05) is 45.8 Å². The lowest BCUT2D eigenvalue weighted by molar-refractivity contribution is -0.138. The van der Waals surface area contributed by atoms with Crippen molar-refractivity contribution in [3.05, 3.63) is 59.5 Å². The Kier molecular flexibility index (Phi) is 7.38. The predicted molar refractivity (Wildman–Crippen MR) is 126 cm³/mol. The van der Waals surface area contributed by atoms with Gasteiger partial charge in [0.15, 0.2) is 0 Å². The number of anilines is 1. The van der Waals surface area contributed by atoms with Crippen LogP contribution in [-0.2, 0) is 4.79 Å². The van der Waals surface area contributed by atoms with E-state index in [1.807, 2.05) is 40.6 Å². The molecule has 2 aliphatic rings. The van der Waals surface area contributed by atoms with Crippen molar-refractivity contribution in [3.8, 4) is 0 Å². The molecule has 31 heavy (non-hydrogen) atoms. The molecule has 3 heterocycles. The monoisotopic (exact) mass is 438 g/mol. The maximum atomic E-state index is 13.1. The molecule has 0 aliphatic carbocycles. The summed E-state index contributed by atoms with van der Waals surface area (Å²) in [5, 5.41) is 5.72. The number of amides is 3. The minimum atomic E-state index is -0.102. The maximum absolute atomic E-state index is 13.1. The summed E-state index contributed by atoms with van der Waals surface area (Å²) in [7, 11) is 0. The van der Waals surface area contributed by atoms with E-state index in [9.17, 15) is 9.59 Å². The van der Waals surface area contributed by atoms with E-state index in [0.717, 1.165) is 50.6 Å². The van der Waals surface area contributed by atoms with Gasteiger partial charge in [-0.05, 0) is 35.9 Å². The summed E-state index contributed by atoms with van der Waals surface area (Å²) < 4.78 is 0. The summed E-state index contributed by atoms with van der Waals surface area (Å²) in [6.07, 6.45) is 6.08. The second-order valence-corrected chi connectivity index (χ2v) is 9.08. The van der Waals surface area contributed by atoms with E-state index in [0.29, 0.717) is 13.1 Å². The van der Waals surface area contributed by atoms with Crippen LogP contribution in [-0.4, -0.2) is 72.5 Å². The fourth-order valence-electron chi connectivity index (χ4n) is 4.21. The van der Waals surface area contributed by atoms with Gasteiger partial charge < -0.3 is 9.80 Å². The Balaban J connectivity index is 1.22. The number of benzene rings is 1. The highest BCUT2D eigenvalue weighted by Crippen LogP contribution is 2.22. The number of nitrogens with one attached hydrogen (secondary N) is 1. The van der Waals surface area contributed by atoms with Crippen molar-refractivity contribution in [1.29, 1.82) is 0 Å². The fraction of sp³-hybridized carbons (Fsp3) is 0.417. The van der Waals surface area contributed by atoms with Crippen LogP contribution in [0.3, 0.4) is 0 Å². The zero-order valence-electron chi connectivity index (χ0n) is 17.8. The van der Waals surface area contributed by atoms with E-state index < -0.39 is 0 Å². The first-order valence-electron chi connectivity index (χ1n) is 11.0. The predicted octanol–water partition coefficient (Wildman–Crippen LogP) is 3.85. The summed E-state index contributed by atoms with van der Waals surface area (Å²) in [6.45, 7) is 5.42. The topological polar surface area (TPSA) is 55.9 Å². The van der Waals surface area contributed by atoms with Gasteiger partial charge in [-0.2, -0.15) is 0 Å². The number of carbonyl (C=O) groups excluding carboxylic acids is 2. The van der Waals surface area contributed by atoms with Crippen LogP contribution in [0.5, 0.6) is 0 Å². The van der Waals surface area contributed by atoms with Gasteiger partial charge in [-0.15, -0.1) is 11.3 Å². The molecule has 1 unspecified atom stereocenters. The van der Waals surface area contributed by atoms with Crippen molar-refractivity contribution in [2.24, 2.45) is 5.92 Å². The normalized spacial score (nSPS) is 20.2. The Morgan fingerprint density at radius 1 is 1.00 bits per heavy atom. The third kappa shape index (κ3) is 5.95. The van der Waals surface area contributed by atoms with Gasteiger partial charge in [0.2, 0.25) is 5.91 Å². The molecule has 2 aromatic rings. The zero-order chi connectivity index (χ0) is 21.5. The average molecular weight is 439 g/mol. The molecule has 1 aromatic carbocycles. The Morgan fingerprint density at radius 3 is 2.55 bits per heavy atom. The van der Waals surface area contributed by atoms with Gasteiger partial charge in [0.1, 0.15) is 0 Å². The van der Waals surface area contributed by atoms with Crippen LogP contribution in [0.4, 0.5) is 9.80 Å². The molecule has 4 rings (SSSR count). The van der Waals surface area contributed by atoms with Gasteiger partial charge in [0.05, 0.1) is 10.9 Å². The molecule has 164 valence electrons. The largest absolute Gasteiger partial charge is 0.340 e. The highest BCUT2D eigenvalue weighted by molar-refractivity contribution is 7.14. The summed E-state index contributed by atoms with van der Waals surface area (Å²) >= 11 is 1.51. The number of thiophene rings is 1. The number of urea groups is 1. The molecule has 2 aliphatic heterocycles. The van der Waals surface area contributed by atoms with Crippen molar-refractivity contribution in [1.82, 2.24) is 14.7 Å². The summed E-state index contributed by atoms with van der Waals surface area (Å²) in [5.74, 6) is 0.112. The van der Waals surface area contributed by atoms with Crippen LogP contribution in [0.15, 0.2) is 53.9 Å². The Morgan fingerprint density at radius 2 is 1.81 bits per heavy atom. The van der Waals surface area contributed by atoms with Crippen molar-refractivity contribution < 1.29 is 9.59 Å². The second kappa shape index (κ2) is 10.6. The van der Waals surface area contributed by atoms with E-state index in [1.165, 1.54) is 16.9 Å². The standard InChI is InChI=1S/C24H30N4O2S/c29-23(21-10-5-13-28(19-21)24(30)25-22-11-6-18-31-22)27-16-14-26(15-17-27)12-4-9-20-7-2-1-3-8-20/h1-4,6-9,11,18,21H,5,10,12-17,19H2,(H,25,30). The van der Waals surface area contributed by atoms with E-state index in [2.05, 4.69) is 34.5 Å². The molecule has 0 saturated carbocycles. The highest BCUT2D eigenvalue weighted by atomic mass is 32.1. The minimum Gasteiger partial charge on any atom is -0.340 e. The lowest BCUT2D eigenvalue weighted by atomic mass is 9.96. The maximum Gasteiger partial charge on any atom is 0.322 e. The number of hydrogen-bond donors (Lipinski definition) is 1. The summed E-state index contributed by atoms with van der Waals surface area (Å²) in [5.41, 5.74) is 1.21. The first-order chi connectivity index (χ1) is 15.2. The van der Waals surface area contributed by atoms with Crippen LogP contribution < -0.4 is 5.32 Å². The number of piperazine rings is 1. The van der Waals surface area contributed by atoms with Crippen molar-refractivity contribution in [3.63, 3.8) is 0 Å². The molecule has 0 bridgehead atoms. The minimum absolute atomic E-state index is 0.0904. The third-order valence-electron chi connectivity index (χ3n) is 5.97. The van der Waals surface area contributed by atoms with Gasteiger partial charge in [-0.1, -0.05) is 42.5 Å². The second-order valence-electron chi connectivity index (χ2n) is 8.13. The van der Waals surface area contributed by atoms with E-state index in [4.69, 9.17) is 0 Å². The van der Waals surface area contributed by atoms with Gasteiger partial charge >= 0.3 is 6.03 Å². The van der Waals surface area contributed by atoms with Crippen LogP contribution in [0.2, 0.25) is 0 Å². The van der Waals surface area contributed by atoms with Crippen LogP contribution in [0, 0.1) is 5.92 Å². The quantitative estimate of drug-likeness (QED) is 0.772. The lowest BCUT2D eigenvalue weighted by Gasteiger charge is -2.38. The lowest BCUT2D eigenvalue weighted by Crippen LogP contribution is -2.53. The van der Waals surface area contributed by atoms with E-state index >= 15 is 0 Å². The van der Waals surface area contributed by atoms with Crippen molar-refractivity contribution >= 4 is 34.4 Å². The smallest absolute Gasteiger partial charge is 0.322 e. The zero-order valence-corrected chi connectivity index (χ0v) is 18.6. The van der Waals surface area contributed by atoms with E-state index in [1.54, 1.807) is 4.90 Å². The summed E-state index contributed by atoms with van der Waals surface area (Å²) in [6, 6.07) is 14.0. The number of rotatable bonds is 5. The van der Waals surface area contributed by atoms with Gasteiger partial charge in [-0.3, -0.25) is 15.0 Å². The fourth-order valence-corrected chi connectivity index (χ4v) is 4.82. The number of nitrogens with zero attached hydrogens (tertiary/aromatic N) is 3.